The van der Waals surface area contributed by atoms with Crippen molar-refractivity contribution >= 4 is 23.3 Å². The zero-order valence-electron chi connectivity index (χ0n) is 14.1. The second-order valence-corrected chi connectivity index (χ2v) is 7.08. The van der Waals surface area contributed by atoms with Gasteiger partial charge in [0.15, 0.2) is 5.78 Å². The molecule has 1 aliphatic heterocycles. The van der Waals surface area contributed by atoms with Gasteiger partial charge in [-0.15, -0.1) is 0 Å². The molecule has 0 radical (unpaired) electrons. The molecule has 5 nitrogen and oxygen atoms in total. The average molecular weight is 352 g/mol. The number of hydrogen-bond donors (Lipinski definition) is 1. The number of hydrogen-bond acceptors (Lipinski definition) is 4. The van der Waals surface area contributed by atoms with Gasteiger partial charge in [0.05, 0.1) is 18.8 Å². The molecule has 1 spiro atoms. The molecule has 1 unspecified atom stereocenters. The summed E-state index contributed by atoms with van der Waals surface area (Å²) < 4.78 is 10.8. The standard InChI is InChI=1S/C18H22ClNO4/c1-10-8-11(19)9-13(24-3)14(10)15-16(21)18(20-17(15)22)6-4-12(23-2)5-7-18/h8-9,12,15H,4-7H2,1-3H3,(H,20,22). The van der Waals surface area contributed by atoms with Crippen LogP contribution in [0.4, 0.5) is 0 Å². The van der Waals surface area contributed by atoms with Crippen LogP contribution >= 0.6 is 11.6 Å². The van der Waals surface area contributed by atoms with E-state index in [4.69, 9.17) is 21.1 Å². The molecule has 6 heteroatoms. The maximum atomic E-state index is 13.2. The Morgan fingerprint density at radius 1 is 1.21 bits per heavy atom. The Labute approximate surface area is 146 Å². The molecule has 1 heterocycles. The predicted octanol–water partition coefficient (Wildman–Crippen LogP) is 2.77. The first kappa shape index (κ1) is 17.2. The molecule has 0 aromatic heterocycles. The van der Waals surface area contributed by atoms with E-state index in [9.17, 15) is 9.59 Å². The van der Waals surface area contributed by atoms with Crippen molar-refractivity contribution < 1.29 is 19.1 Å². The quantitative estimate of drug-likeness (QED) is 0.850. The first-order chi connectivity index (χ1) is 11.4. The minimum atomic E-state index is -0.837. The second-order valence-electron chi connectivity index (χ2n) is 6.64. The average Bonchev–Trinajstić information content (AvgIpc) is 2.79. The molecule has 130 valence electrons. The Morgan fingerprint density at radius 3 is 2.46 bits per heavy atom. The number of ketones is 1. The van der Waals surface area contributed by atoms with Crippen molar-refractivity contribution in [2.75, 3.05) is 14.2 Å². The van der Waals surface area contributed by atoms with E-state index in [1.54, 1.807) is 19.2 Å². The summed E-state index contributed by atoms with van der Waals surface area (Å²) in [7, 11) is 3.20. The molecular weight excluding hydrogens is 330 g/mol. The van der Waals surface area contributed by atoms with E-state index in [1.165, 1.54) is 7.11 Å². The van der Waals surface area contributed by atoms with Crippen molar-refractivity contribution in [2.45, 2.75) is 50.2 Å². The van der Waals surface area contributed by atoms with Crippen molar-refractivity contribution in [3.8, 4) is 5.75 Å². The summed E-state index contributed by atoms with van der Waals surface area (Å²) in [5.41, 5.74) is 0.638. The lowest BCUT2D eigenvalue weighted by Crippen LogP contribution is -2.50. The van der Waals surface area contributed by atoms with Gasteiger partial charge in [0.25, 0.3) is 0 Å². The number of carbonyl (C=O) groups excluding carboxylic acids is 2. The Bertz CT molecular complexity index is 680. The summed E-state index contributed by atoms with van der Waals surface area (Å²) >= 11 is 6.08. The molecule has 1 amide bonds. The molecule has 2 fully saturated rings. The van der Waals surface area contributed by atoms with E-state index < -0.39 is 11.5 Å². The van der Waals surface area contributed by atoms with Gasteiger partial charge in [-0.3, -0.25) is 9.59 Å². The lowest BCUT2D eigenvalue weighted by Gasteiger charge is -2.35. The highest BCUT2D eigenvalue weighted by Crippen LogP contribution is 2.43. The van der Waals surface area contributed by atoms with E-state index in [0.29, 0.717) is 29.2 Å². The molecule has 1 aliphatic carbocycles. The maximum absolute atomic E-state index is 13.2. The first-order valence-corrected chi connectivity index (χ1v) is 8.53. The normalized spacial score (nSPS) is 29.8. The molecule has 2 aliphatic rings. The van der Waals surface area contributed by atoms with Gasteiger partial charge in [0, 0.05) is 17.7 Å². The van der Waals surface area contributed by atoms with Gasteiger partial charge in [0.2, 0.25) is 5.91 Å². The summed E-state index contributed by atoms with van der Waals surface area (Å²) in [5.74, 6) is -0.669. The van der Waals surface area contributed by atoms with E-state index in [-0.39, 0.29) is 17.8 Å². The topological polar surface area (TPSA) is 64.6 Å². The highest BCUT2D eigenvalue weighted by atomic mass is 35.5. The van der Waals surface area contributed by atoms with Gasteiger partial charge in [0.1, 0.15) is 11.7 Å². The zero-order valence-corrected chi connectivity index (χ0v) is 14.9. The van der Waals surface area contributed by atoms with Crippen molar-refractivity contribution in [3.63, 3.8) is 0 Å². The van der Waals surface area contributed by atoms with E-state index in [2.05, 4.69) is 5.32 Å². The fourth-order valence-corrected chi connectivity index (χ4v) is 4.24. The molecule has 1 saturated carbocycles. The number of benzene rings is 1. The van der Waals surface area contributed by atoms with Crippen LogP contribution in [0, 0.1) is 6.92 Å². The third-order valence-corrected chi connectivity index (χ3v) is 5.52. The molecule has 1 saturated heterocycles. The van der Waals surface area contributed by atoms with Gasteiger partial charge >= 0.3 is 0 Å². The van der Waals surface area contributed by atoms with E-state index in [1.807, 2.05) is 6.92 Å². The van der Waals surface area contributed by atoms with Gasteiger partial charge in [-0.1, -0.05) is 11.6 Å². The van der Waals surface area contributed by atoms with Crippen LogP contribution in [0.2, 0.25) is 5.02 Å². The van der Waals surface area contributed by atoms with Crippen LogP contribution in [-0.2, 0) is 14.3 Å². The number of halogens is 1. The third kappa shape index (κ3) is 2.70. The summed E-state index contributed by atoms with van der Waals surface area (Å²) in [6.45, 7) is 1.84. The molecule has 3 rings (SSSR count). The highest BCUT2D eigenvalue weighted by molar-refractivity contribution is 6.31. The van der Waals surface area contributed by atoms with E-state index in [0.717, 1.165) is 18.4 Å². The van der Waals surface area contributed by atoms with Gasteiger partial charge in [-0.25, -0.2) is 0 Å². The Morgan fingerprint density at radius 2 is 1.88 bits per heavy atom. The molecule has 1 N–H and O–H groups in total. The Kier molecular flexibility index (Phi) is 4.58. The third-order valence-electron chi connectivity index (χ3n) is 5.30. The number of methoxy groups -OCH3 is 2. The summed E-state index contributed by atoms with van der Waals surface area (Å²) in [5, 5.41) is 3.50. The molecule has 1 aromatic rings. The highest BCUT2D eigenvalue weighted by Gasteiger charge is 2.55. The maximum Gasteiger partial charge on any atom is 0.236 e. The molecular formula is C18H22ClNO4. The molecule has 1 aromatic carbocycles. The summed E-state index contributed by atoms with van der Waals surface area (Å²) in [4.78, 5) is 25.8. The van der Waals surface area contributed by atoms with Crippen LogP contribution in [0.5, 0.6) is 5.75 Å². The van der Waals surface area contributed by atoms with Crippen LogP contribution < -0.4 is 10.1 Å². The molecule has 0 bridgehead atoms. The lowest BCUT2D eigenvalue weighted by atomic mass is 9.75. The van der Waals surface area contributed by atoms with Gasteiger partial charge < -0.3 is 14.8 Å². The molecule has 24 heavy (non-hydrogen) atoms. The Balaban J connectivity index is 1.97. The second kappa shape index (κ2) is 6.37. The molecule has 1 atom stereocenters. The predicted molar refractivity (Wildman–Crippen MR) is 90.6 cm³/mol. The fraction of sp³-hybridized carbons (Fsp3) is 0.556. The largest absolute Gasteiger partial charge is 0.496 e. The van der Waals surface area contributed by atoms with E-state index >= 15 is 0 Å². The van der Waals surface area contributed by atoms with Crippen molar-refractivity contribution in [1.29, 1.82) is 0 Å². The number of amides is 1. The summed E-state index contributed by atoms with van der Waals surface area (Å²) in [6.07, 6.45) is 2.92. The first-order valence-electron chi connectivity index (χ1n) is 8.15. The number of rotatable bonds is 3. The van der Waals surface area contributed by atoms with Gasteiger partial charge in [-0.2, -0.15) is 0 Å². The van der Waals surface area contributed by atoms with Gasteiger partial charge in [-0.05, 0) is 50.3 Å². The SMILES string of the molecule is COc1cc(Cl)cc(C)c1C1C(=O)NC2(CCC(OC)CC2)C1=O. The monoisotopic (exact) mass is 351 g/mol. The number of aryl methyl sites for hydroxylation is 1. The number of Topliss-reactive ketones (excluding diaryl/α,β-unsaturated/α-hetero) is 1. The van der Waals surface area contributed by atoms with Crippen LogP contribution in [-0.4, -0.2) is 37.6 Å². The Hall–Kier alpha value is -1.59. The minimum Gasteiger partial charge on any atom is -0.496 e. The summed E-state index contributed by atoms with van der Waals surface area (Å²) in [6, 6.07) is 3.41. The fourth-order valence-electron chi connectivity index (χ4n) is 3.98. The lowest BCUT2D eigenvalue weighted by molar-refractivity contribution is -0.126. The zero-order chi connectivity index (χ0) is 17.5. The van der Waals surface area contributed by atoms with Crippen molar-refractivity contribution in [2.24, 2.45) is 0 Å². The smallest absolute Gasteiger partial charge is 0.236 e. The minimum absolute atomic E-state index is 0.0641. The van der Waals surface area contributed by atoms with Crippen LogP contribution in [0.15, 0.2) is 12.1 Å². The van der Waals surface area contributed by atoms with Crippen molar-refractivity contribution in [3.05, 3.63) is 28.3 Å². The number of carbonyl (C=O) groups is 2. The number of ether oxygens (including phenoxy) is 2. The number of nitrogens with one attached hydrogen (secondary N) is 1. The van der Waals surface area contributed by atoms with Crippen molar-refractivity contribution in [1.82, 2.24) is 5.32 Å². The van der Waals surface area contributed by atoms with Crippen LogP contribution in [0.1, 0.15) is 42.7 Å². The van der Waals surface area contributed by atoms with Crippen LogP contribution in [0.25, 0.3) is 0 Å². The van der Waals surface area contributed by atoms with Crippen LogP contribution in [0.3, 0.4) is 0 Å².